The van der Waals surface area contributed by atoms with Gasteiger partial charge in [0.2, 0.25) is 0 Å². The first-order valence-electron chi connectivity index (χ1n) is 6.07. The van der Waals surface area contributed by atoms with Gasteiger partial charge < -0.3 is 10.4 Å². The number of hydrogen-bond acceptors (Lipinski definition) is 4. The number of aliphatic hydroxyl groups excluding tert-OH is 1. The first kappa shape index (κ1) is 13.3. The summed E-state index contributed by atoms with van der Waals surface area (Å²) in [5.41, 5.74) is 1.16. The van der Waals surface area contributed by atoms with Crippen LogP contribution < -0.4 is 5.32 Å². The van der Waals surface area contributed by atoms with Crippen LogP contribution in [-0.4, -0.2) is 20.9 Å². The highest BCUT2D eigenvalue weighted by atomic mass is 32.1. The van der Waals surface area contributed by atoms with E-state index in [0.29, 0.717) is 0 Å². The molecule has 2 aromatic heterocycles. The maximum atomic E-state index is 10.0. The molecule has 18 heavy (non-hydrogen) atoms. The highest BCUT2D eigenvalue weighted by molar-refractivity contribution is 7.10. The minimum absolute atomic E-state index is 0.266. The predicted octanol–water partition coefficient (Wildman–Crippen LogP) is 2.08. The molecule has 2 heterocycles. The first-order chi connectivity index (χ1) is 8.65. The summed E-state index contributed by atoms with van der Waals surface area (Å²) in [5, 5.41) is 19.5. The normalized spacial score (nSPS) is 14.6. The van der Waals surface area contributed by atoms with Gasteiger partial charge in [0, 0.05) is 36.3 Å². The Morgan fingerprint density at radius 2 is 2.39 bits per heavy atom. The largest absolute Gasteiger partial charge is 0.388 e. The van der Waals surface area contributed by atoms with Crippen molar-refractivity contribution in [2.75, 3.05) is 0 Å². The number of hydrogen-bond donors (Lipinski definition) is 2. The monoisotopic (exact) mass is 265 g/mol. The van der Waals surface area contributed by atoms with Crippen LogP contribution in [0.15, 0.2) is 29.9 Å². The molecule has 4 nitrogen and oxygen atoms in total. The summed E-state index contributed by atoms with van der Waals surface area (Å²) in [6.07, 6.45) is 4.20. The molecule has 5 heteroatoms. The third-order valence-electron chi connectivity index (χ3n) is 2.86. The first-order valence-corrected chi connectivity index (χ1v) is 6.95. The Hall–Kier alpha value is -1.17. The molecule has 0 saturated carbocycles. The minimum atomic E-state index is -0.374. The van der Waals surface area contributed by atoms with Gasteiger partial charge >= 0.3 is 0 Å². The average molecular weight is 265 g/mol. The summed E-state index contributed by atoms with van der Waals surface area (Å²) >= 11 is 1.60. The predicted molar refractivity (Wildman–Crippen MR) is 73.4 cm³/mol. The number of nitrogens with zero attached hydrogens (tertiary/aromatic N) is 2. The molecule has 0 aliphatic carbocycles. The lowest BCUT2D eigenvalue weighted by Gasteiger charge is -2.16. The van der Waals surface area contributed by atoms with E-state index in [2.05, 4.69) is 17.3 Å². The van der Waals surface area contributed by atoms with E-state index in [1.165, 1.54) is 0 Å². The second-order valence-corrected chi connectivity index (χ2v) is 5.55. The molecule has 0 bridgehead atoms. The van der Waals surface area contributed by atoms with Crippen molar-refractivity contribution in [3.63, 3.8) is 0 Å². The van der Waals surface area contributed by atoms with Crippen LogP contribution in [0.25, 0.3) is 0 Å². The van der Waals surface area contributed by atoms with Gasteiger partial charge in [-0.25, -0.2) is 0 Å². The van der Waals surface area contributed by atoms with Gasteiger partial charge in [-0.15, -0.1) is 11.3 Å². The Labute approximate surface area is 111 Å². The van der Waals surface area contributed by atoms with Gasteiger partial charge in [-0.1, -0.05) is 6.07 Å². The molecule has 0 amide bonds. The quantitative estimate of drug-likeness (QED) is 0.841. The van der Waals surface area contributed by atoms with Crippen LogP contribution in [-0.2, 0) is 13.6 Å². The van der Waals surface area contributed by atoms with Gasteiger partial charge in [-0.3, -0.25) is 4.68 Å². The molecule has 2 atom stereocenters. The van der Waals surface area contributed by atoms with Gasteiger partial charge in [0.15, 0.2) is 0 Å². The molecule has 2 aromatic rings. The lowest BCUT2D eigenvalue weighted by atomic mass is 10.1. The molecule has 0 saturated heterocycles. The van der Waals surface area contributed by atoms with E-state index < -0.39 is 0 Å². The molecular weight excluding hydrogens is 246 g/mol. The van der Waals surface area contributed by atoms with Crippen molar-refractivity contribution in [3.8, 4) is 0 Å². The van der Waals surface area contributed by atoms with Crippen molar-refractivity contribution in [2.45, 2.75) is 32.0 Å². The Balaban J connectivity index is 1.76. The SMILES string of the molecule is CC(CC(O)c1cccs1)NCc1cnn(C)c1. The third-order valence-corrected chi connectivity index (χ3v) is 3.83. The van der Waals surface area contributed by atoms with E-state index in [4.69, 9.17) is 0 Å². The van der Waals surface area contributed by atoms with Gasteiger partial charge in [0.25, 0.3) is 0 Å². The number of nitrogens with one attached hydrogen (secondary N) is 1. The van der Waals surface area contributed by atoms with Crippen molar-refractivity contribution >= 4 is 11.3 Å². The Kier molecular flexibility index (Phi) is 4.52. The van der Waals surface area contributed by atoms with E-state index in [0.717, 1.165) is 23.4 Å². The number of aromatic nitrogens is 2. The summed E-state index contributed by atoms with van der Waals surface area (Å²) in [4.78, 5) is 1.03. The van der Waals surface area contributed by atoms with Crippen molar-refractivity contribution in [3.05, 3.63) is 40.3 Å². The summed E-state index contributed by atoms with van der Waals surface area (Å²) in [6, 6.07) is 4.21. The molecule has 2 rings (SSSR count). The molecule has 0 aliphatic rings. The van der Waals surface area contributed by atoms with Crippen LogP contribution >= 0.6 is 11.3 Å². The van der Waals surface area contributed by atoms with Crippen molar-refractivity contribution in [2.24, 2.45) is 7.05 Å². The van der Waals surface area contributed by atoms with Crippen LogP contribution in [0.1, 0.15) is 29.9 Å². The second kappa shape index (κ2) is 6.13. The molecule has 0 radical (unpaired) electrons. The zero-order valence-electron chi connectivity index (χ0n) is 10.7. The smallest absolute Gasteiger partial charge is 0.0896 e. The zero-order valence-corrected chi connectivity index (χ0v) is 11.5. The fraction of sp³-hybridized carbons (Fsp3) is 0.462. The minimum Gasteiger partial charge on any atom is -0.388 e. The maximum absolute atomic E-state index is 10.0. The standard InChI is InChI=1S/C13H19N3OS/c1-10(6-12(17)13-4-3-5-18-13)14-7-11-8-15-16(2)9-11/h3-5,8-10,12,14,17H,6-7H2,1-2H3. The number of aliphatic hydroxyl groups is 1. The lowest BCUT2D eigenvalue weighted by Crippen LogP contribution is -2.27. The van der Waals surface area contributed by atoms with Crippen LogP contribution in [0.4, 0.5) is 0 Å². The lowest BCUT2D eigenvalue weighted by molar-refractivity contribution is 0.157. The van der Waals surface area contributed by atoms with Crippen molar-refractivity contribution in [1.82, 2.24) is 15.1 Å². The number of thiophene rings is 1. The third kappa shape index (κ3) is 3.66. The van der Waals surface area contributed by atoms with Crippen LogP contribution in [0, 0.1) is 0 Å². The van der Waals surface area contributed by atoms with E-state index in [9.17, 15) is 5.11 Å². The summed E-state index contributed by atoms with van der Waals surface area (Å²) < 4.78 is 1.79. The molecule has 0 aromatic carbocycles. The highest BCUT2D eigenvalue weighted by Crippen LogP contribution is 2.22. The highest BCUT2D eigenvalue weighted by Gasteiger charge is 2.13. The van der Waals surface area contributed by atoms with Crippen LogP contribution in [0.5, 0.6) is 0 Å². The molecular formula is C13H19N3OS. The Morgan fingerprint density at radius 1 is 1.56 bits per heavy atom. The van der Waals surface area contributed by atoms with Gasteiger partial charge in [-0.05, 0) is 24.8 Å². The fourth-order valence-corrected chi connectivity index (χ4v) is 2.60. The summed E-state index contributed by atoms with van der Waals surface area (Å²) in [7, 11) is 1.91. The summed E-state index contributed by atoms with van der Waals surface area (Å²) in [5.74, 6) is 0. The maximum Gasteiger partial charge on any atom is 0.0896 e. The van der Waals surface area contributed by atoms with E-state index in [1.54, 1.807) is 16.0 Å². The van der Waals surface area contributed by atoms with Gasteiger partial charge in [0.05, 0.1) is 12.3 Å². The van der Waals surface area contributed by atoms with Crippen molar-refractivity contribution < 1.29 is 5.11 Å². The Bertz CT molecular complexity index is 466. The fourth-order valence-electron chi connectivity index (χ4n) is 1.87. The molecule has 0 aliphatic heterocycles. The second-order valence-electron chi connectivity index (χ2n) is 4.57. The number of aryl methyl sites for hydroxylation is 1. The van der Waals surface area contributed by atoms with E-state index in [-0.39, 0.29) is 12.1 Å². The van der Waals surface area contributed by atoms with Gasteiger partial charge in [-0.2, -0.15) is 5.10 Å². The van der Waals surface area contributed by atoms with E-state index >= 15 is 0 Å². The molecule has 2 N–H and O–H groups in total. The van der Waals surface area contributed by atoms with Crippen LogP contribution in [0.3, 0.4) is 0 Å². The molecule has 2 unspecified atom stereocenters. The summed E-state index contributed by atoms with van der Waals surface area (Å²) in [6.45, 7) is 2.87. The zero-order chi connectivity index (χ0) is 13.0. The molecule has 98 valence electrons. The molecule has 0 fully saturated rings. The van der Waals surface area contributed by atoms with Crippen LogP contribution in [0.2, 0.25) is 0 Å². The van der Waals surface area contributed by atoms with E-state index in [1.807, 2.05) is 37.0 Å². The topological polar surface area (TPSA) is 50.1 Å². The molecule has 0 spiro atoms. The van der Waals surface area contributed by atoms with Gasteiger partial charge in [0.1, 0.15) is 0 Å². The average Bonchev–Trinajstić information content (AvgIpc) is 2.97. The van der Waals surface area contributed by atoms with Crippen molar-refractivity contribution in [1.29, 1.82) is 0 Å². The Morgan fingerprint density at radius 3 is 3.00 bits per heavy atom. The number of rotatable bonds is 6.